The zero-order valence-corrected chi connectivity index (χ0v) is 17.4. The van der Waals surface area contributed by atoms with Crippen LogP contribution in [0.4, 0.5) is 0 Å². The Hall–Kier alpha value is -2.68. The van der Waals surface area contributed by atoms with E-state index in [2.05, 4.69) is 20.8 Å². The Bertz CT molecular complexity index is 860. The lowest BCUT2D eigenvalue weighted by atomic mass is 10.2. The van der Waals surface area contributed by atoms with Crippen molar-refractivity contribution in [3.8, 4) is 23.2 Å². The van der Waals surface area contributed by atoms with Gasteiger partial charge >= 0.3 is 6.01 Å². The molecule has 1 N–H and O–H groups in total. The molecule has 3 aromatic rings. The Labute approximate surface area is 176 Å². The minimum atomic E-state index is 0. The van der Waals surface area contributed by atoms with Crippen molar-refractivity contribution in [3.63, 3.8) is 0 Å². The molecule has 0 fully saturated rings. The van der Waals surface area contributed by atoms with Crippen LogP contribution in [0, 0.1) is 0 Å². The third-order valence-corrected chi connectivity index (χ3v) is 3.98. The van der Waals surface area contributed by atoms with E-state index in [1.165, 1.54) is 0 Å². The SMILES string of the molecule is CCOc1cc(CNCCCOC)ccc1Oc1nnnn1-c1ccccc1.Cl. The highest BCUT2D eigenvalue weighted by atomic mass is 35.5. The number of nitrogens with zero attached hydrogens (tertiary/aromatic N) is 4. The van der Waals surface area contributed by atoms with Crippen LogP contribution in [0.15, 0.2) is 48.5 Å². The third-order valence-electron chi connectivity index (χ3n) is 3.98. The van der Waals surface area contributed by atoms with Gasteiger partial charge in [-0.2, -0.15) is 4.68 Å². The number of rotatable bonds is 11. The molecule has 0 unspecified atom stereocenters. The number of para-hydroxylation sites is 1. The summed E-state index contributed by atoms with van der Waals surface area (Å²) in [6.07, 6.45) is 0.970. The Balaban J connectivity index is 0.00000300. The fourth-order valence-corrected chi connectivity index (χ4v) is 2.66. The maximum absolute atomic E-state index is 5.97. The maximum Gasteiger partial charge on any atom is 0.346 e. The van der Waals surface area contributed by atoms with E-state index < -0.39 is 0 Å². The summed E-state index contributed by atoms with van der Waals surface area (Å²) in [7, 11) is 1.71. The largest absolute Gasteiger partial charge is 0.490 e. The molecule has 0 aliphatic carbocycles. The van der Waals surface area contributed by atoms with E-state index in [0.717, 1.165) is 37.4 Å². The molecule has 0 bridgehead atoms. The van der Waals surface area contributed by atoms with Crippen LogP contribution in [0.5, 0.6) is 17.5 Å². The molecule has 1 aromatic heterocycles. The van der Waals surface area contributed by atoms with Crippen LogP contribution < -0.4 is 14.8 Å². The summed E-state index contributed by atoms with van der Waals surface area (Å²) in [5.74, 6) is 1.22. The number of hydrogen-bond donors (Lipinski definition) is 1. The lowest BCUT2D eigenvalue weighted by molar-refractivity contribution is 0.194. The summed E-state index contributed by atoms with van der Waals surface area (Å²) < 4.78 is 18.3. The van der Waals surface area contributed by atoms with Crippen molar-refractivity contribution in [1.82, 2.24) is 25.5 Å². The molecule has 0 amide bonds. The fourth-order valence-electron chi connectivity index (χ4n) is 2.66. The van der Waals surface area contributed by atoms with Gasteiger partial charge in [0.2, 0.25) is 0 Å². The predicted octanol–water partition coefficient (Wildman–Crippen LogP) is 3.40. The quantitative estimate of drug-likeness (QED) is 0.477. The number of halogens is 1. The monoisotopic (exact) mass is 419 g/mol. The summed E-state index contributed by atoms with van der Waals surface area (Å²) in [5, 5.41) is 15.1. The summed E-state index contributed by atoms with van der Waals surface area (Å²) in [6, 6.07) is 15.7. The normalized spacial score (nSPS) is 10.4. The first kappa shape index (κ1) is 22.6. The van der Waals surface area contributed by atoms with Gasteiger partial charge < -0.3 is 19.5 Å². The van der Waals surface area contributed by atoms with E-state index in [4.69, 9.17) is 14.2 Å². The van der Waals surface area contributed by atoms with E-state index in [0.29, 0.717) is 18.1 Å². The zero-order valence-electron chi connectivity index (χ0n) is 16.6. The van der Waals surface area contributed by atoms with Gasteiger partial charge in [-0.3, -0.25) is 0 Å². The van der Waals surface area contributed by atoms with Gasteiger partial charge in [0.25, 0.3) is 0 Å². The van der Waals surface area contributed by atoms with Crippen LogP contribution in [0.1, 0.15) is 18.9 Å². The molecule has 1 heterocycles. The second-order valence-electron chi connectivity index (χ2n) is 6.05. The van der Waals surface area contributed by atoms with Crippen molar-refractivity contribution in [1.29, 1.82) is 0 Å². The zero-order chi connectivity index (χ0) is 19.6. The molecular formula is C20H26ClN5O3. The first-order valence-corrected chi connectivity index (χ1v) is 9.29. The second-order valence-corrected chi connectivity index (χ2v) is 6.05. The number of tetrazole rings is 1. The Kier molecular flexibility index (Phi) is 9.36. The van der Waals surface area contributed by atoms with Gasteiger partial charge in [0.05, 0.1) is 12.3 Å². The van der Waals surface area contributed by atoms with Gasteiger partial charge in [-0.05, 0) is 60.1 Å². The van der Waals surface area contributed by atoms with Crippen molar-refractivity contribution in [2.24, 2.45) is 0 Å². The van der Waals surface area contributed by atoms with Gasteiger partial charge in [0.1, 0.15) is 0 Å². The van der Waals surface area contributed by atoms with Crippen LogP contribution in [-0.2, 0) is 11.3 Å². The standard InChI is InChI=1S/C20H25N5O3.ClH/c1-3-27-19-14-16(15-21-12-7-13-26-2)10-11-18(19)28-20-22-23-24-25(20)17-8-5-4-6-9-17;/h4-6,8-11,14,21H,3,7,12-13,15H2,1-2H3;1H. The van der Waals surface area contributed by atoms with E-state index >= 15 is 0 Å². The minimum Gasteiger partial charge on any atom is -0.490 e. The minimum absolute atomic E-state index is 0. The molecule has 0 radical (unpaired) electrons. The summed E-state index contributed by atoms with van der Waals surface area (Å²) in [6.45, 7) is 4.85. The highest BCUT2D eigenvalue weighted by Crippen LogP contribution is 2.32. The number of ether oxygens (including phenoxy) is 3. The predicted molar refractivity (Wildman–Crippen MR) is 112 cm³/mol. The molecule has 9 heteroatoms. The molecule has 2 aromatic carbocycles. The average Bonchev–Trinajstić information content (AvgIpc) is 3.19. The number of benzene rings is 2. The van der Waals surface area contributed by atoms with Gasteiger partial charge in [-0.25, -0.2) is 0 Å². The van der Waals surface area contributed by atoms with E-state index in [9.17, 15) is 0 Å². The maximum atomic E-state index is 5.97. The van der Waals surface area contributed by atoms with Crippen LogP contribution >= 0.6 is 12.4 Å². The Morgan fingerprint density at radius 3 is 2.66 bits per heavy atom. The fraction of sp³-hybridized carbons (Fsp3) is 0.350. The van der Waals surface area contributed by atoms with Crippen LogP contribution in [0.25, 0.3) is 5.69 Å². The van der Waals surface area contributed by atoms with Gasteiger partial charge in [-0.1, -0.05) is 29.4 Å². The van der Waals surface area contributed by atoms with Crippen molar-refractivity contribution in [2.75, 3.05) is 26.9 Å². The van der Waals surface area contributed by atoms with Crippen molar-refractivity contribution in [3.05, 3.63) is 54.1 Å². The highest BCUT2D eigenvalue weighted by Gasteiger charge is 2.14. The lowest BCUT2D eigenvalue weighted by Crippen LogP contribution is -2.16. The van der Waals surface area contributed by atoms with Crippen molar-refractivity contribution < 1.29 is 14.2 Å². The number of hydrogen-bond acceptors (Lipinski definition) is 7. The molecule has 0 saturated heterocycles. The van der Waals surface area contributed by atoms with Crippen LogP contribution in [0.2, 0.25) is 0 Å². The number of nitrogens with one attached hydrogen (secondary N) is 1. The Morgan fingerprint density at radius 1 is 1.07 bits per heavy atom. The first-order valence-electron chi connectivity index (χ1n) is 9.29. The molecular weight excluding hydrogens is 394 g/mol. The Morgan fingerprint density at radius 2 is 1.90 bits per heavy atom. The summed E-state index contributed by atoms with van der Waals surface area (Å²) >= 11 is 0. The molecule has 156 valence electrons. The van der Waals surface area contributed by atoms with Crippen LogP contribution in [0.3, 0.4) is 0 Å². The van der Waals surface area contributed by atoms with Crippen molar-refractivity contribution in [2.45, 2.75) is 19.9 Å². The van der Waals surface area contributed by atoms with Gasteiger partial charge in [0.15, 0.2) is 11.5 Å². The lowest BCUT2D eigenvalue weighted by Gasteiger charge is -2.13. The van der Waals surface area contributed by atoms with E-state index in [1.807, 2.05) is 55.5 Å². The van der Waals surface area contributed by atoms with Gasteiger partial charge in [0, 0.05) is 20.3 Å². The highest BCUT2D eigenvalue weighted by molar-refractivity contribution is 5.85. The first-order chi connectivity index (χ1) is 13.8. The van der Waals surface area contributed by atoms with E-state index in [-0.39, 0.29) is 18.4 Å². The van der Waals surface area contributed by atoms with E-state index in [1.54, 1.807) is 11.8 Å². The molecule has 0 spiro atoms. The second kappa shape index (κ2) is 12.0. The average molecular weight is 420 g/mol. The smallest absolute Gasteiger partial charge is 0.346 e. The topological polar surface area (TPSA) is 83.3 Å². The number of methoxy groups -OCH3 is 1. The molecule has 3 rings (SSSR count). The van der Waals surface area contributed by atoms with Gasteiger partial charge in [-0.15, -0.1) is 12.4 Å². The molecule has 0 aliphatic rings. The number of aromatic nitrogens is 4. The molecule has 0 saturated carbocycles. The molecule has 8 nitrogen and oxygen atoms in total. The summed E-state index contributed by atoms with van der Waals surface area (Å²) in [5.41, 5.74) is 1.92. The molecule has 29 heavy (non-hydrogen) atoms. The summed E-state index contributed by atoms with van der Waals surface area (Å²) in [4.78, 5) is 0. The third kappa shape index (κ3) is 6.42. The van der Waals surface area contributed by atoms with Crippen molar-refractivity contribution >= 4 is 12.4 Å². The van der Waals surface area contributed by atoms with Crippen LogP contribution in [-0.4, -0.2) is 47.1 Å². The molecule has 0 atom stereocenters. The molecule has 0 aliphatic heterocycles.